The molecule has 1 heterocycles. The fourth-order valence-corrected chi connectivity index (χ4v) is 2.69. The molecule has 1 aromatic carbocycles. The second kappa shape index (κ2) is 5.29. The summed E-state index contributed by atoms with van der Waals surface area (Å²) in [6.07, 6.45) is 4.48. The van der Waals surface area contributed by atoms with Crippen LogP contribution < -0.4 is 0 Å². The molecule has 1 aliphatic rings. The van der Waals surface area contributed by atoms with Crippen LogP contribution in [0.4, 0.5) is 4.39 Å². The fourth-order valence-electron chi connectivity index (χ4n) is 2.69. The number of benzene rings is 1. The van der Waals surface area contributed by atoms with E-state index in [-0.39, 0.29) is 5.56 Å². The SMILES string of the molecule is CCCCCCC1(O)c2cccc(F)c2C(=O)N1C. The van der Waals surface area contributed by atoms with Crippen LogP contribution in [0.2, 0.25) is 0 Å². The lowest BCUT2D eigenvalue weighted by molar-refractivity contribution is -0.0800. The molecule has 1 atom stereocenters. The molecule has 4 heteroatoms. The highest BCUT2D eigenvalue weighted by Gasteiger charge is 2.47. The molecule has 104 valence electrons. The number of aliphatic hydroxyl groups is 1. The number of hydrogen-bond donors (Lipinski definition) is 1. The van der Waals surface area contributed by atoms with Crippen LogP contribution in [0.25, 0.3) is 0 Å². The molecule has 0 saturated heterocycles. The molecule has 0 radical (unpaired) electrons. The van der Waals surface area contributed by atoms with Gasteiger partial charge in [-0.15, -0.1) is 0 Å². The molecule has 2 rings (SSSR count). The highest BCUT2D eigenvalue weighted by molar-refractivity contribution is 5.99. The van der Waals surface area contributed by atoms with Crippen molar-refractivity contribution in [3.05, 3.63) is 35.1 Å². The zero-order valence-corrected chi connectivity index (χ0v) is 11.4. The molecule has 1 amide bonds. The van der Waals surface area contributed by atoms with E-state index in [1.807, 2.05) is 0 Å². The minimum Gasteiger partial charge on any atom is -0.367 e. The number of fused-ring (bicyclic) bond motifs is 1. The van der Waals surface area contributed by atoms with E-state index in [9.17, 15) is 14.3 Å². The van der Waals surface area contributed by atoms with E-state index in [1.165, 1.54) is 24.1 Å². The first-order valence-corrected chi connectivity index (χ1v) is 6.82. The smallest absolute Gasteiger partial charge is 0.259 e. The summed E-state index contributed by atoms with van der Waals surface area (Å²) in [5.74, 6) is -0.995. The van der Waals surface area contributed by atoms with Crippen molar-refractivity contribution in [2.45, 2.75) is 44.8 Å². The summed E-state index contributed by atoms with van der Waals surface area (Å²) in [5, 5.41) is 10.7. The van der Waals surface area contributed by atoms with Crippen LogP contribution in [0.3, 0.4) is 0 Å². The number of unbranched alkanes of at least 4 members (excludes halogenated alkanes) is 3. The summed E-state index contributed by atoms with van der Waals surface area (Å²) in [6.45, 7) is 2.12. The molecular weight excluding hydrogens is 245 g/mol. The summed E-state index contributed by atoms with van der Waals surface area (Å²) in [4.78, 5) is 13.3. The molecule has 1 aromatic rings. The summed E-state index contributed by atoms with van der Waals surface area (Å²) < 4.78 is 13.7. The van der Waals surface area contributed by atoms with E-state index in [0.717, 1.165) is 25.7 Å². The van der Waals surface area contributed by atoms with Gasteiger partial charge in [0.05, 0.1) is 5.56 Å². The fraction of sp³-hybridized carbons (Fsp3) is 0.533. The quantitative estimate of drug-likeness (QED) is 0.831. The predicted molar refractivity (Wildman–Crippen MR) is 71.1 cm³/mol. The first-order valence-electron chi connectivity index (χ1n) is 6.82. The predicted octanol–water partition coefficient (Wildman–Crippen LogP) is 3.03. The first kappa shape index (κ1) is 14.0. The van der Waals surface area contributed by atoms with Crippen molar-refractivity contribution in [2.24, 2.45) is 0 Å². The third-order valence-corrected chi connectivity index (χ3v) is 3.90. The van der Waals surface area contributed by atoms with Gasteiger partial charge in [0.25, 0.3) is 5.91 Å². The number of halogens is 1. The van der Waals surface area contributed by atoms with Gasteiger partial charge in [-0.2, -0.15) is 0 Å². The van der Waals surface area contributed by atoms with Crippen molar-refractivity contribution < 1.29 is 14.3 Å². The van der Waals surface area contributed by atoms with E-state index in [0.29, 0.717) is 12.0 Å². The van der Waals surface area contributed by atoms with Gasteiger partial charge in [-0.25, -0.2) is 4.39 Å². The van der Waals surface area contributed by atoms with Crippen LogP contribution in [-0.2, 0) is 5.72 Å². The third kappa shape index (κ3) is 2.25. The Kier molecular flexibility index (Phi) is 3.90. The summed E-state index contributed by atoms with van der Waals surface area (Å²) in [7, 11) is 1.53. The molecule has 0 saturated carbocycles. The van der Waals surface area contributed by atoms with Gasteiger partial charge in [0, 0.05) is 12.6 Å². The number of hydrogen-bond acceptors (Lipinski definition) is 2. The summed E-state index contributed by atoms with van der Waals surface area (Å²) in [6, 6.07) is 4.44. The van der Waals surface area contributed by atoms with Gasteiger partial charge in [0.2, 0.25) is 0 Å². The average Bonchev–Trinajstić information content (AvgIpc) is 2.59. The van der Waals surface area contributed by atoms with Gasteiger partial charge in [-0.3, -0.25) is 4.79 Å². The molecule has 1 aliphatic heterocycles. The zero-order valence-electron chi connectivity index (χ0n) is 11.4. The lowest BCUT2D eigenvalue weighted by Crippen LogP contribution is -2.40. The second-order valence-corrected chi connectivity index (χ2v) is 5.15. The lowest BCUT2D eigenvalue weighted by Gasteiger charge is -2.31. The van der Waals surface area contributed by atoms with Crippen LogP contribution in [0, 0.1) is 5.82 Å². The highest BCUT2D eigenvalue weighted by atomic mass is 19.1. The molecule has 0 aliphatic carbocycles. The Balaban J connectivity index is 2.27. The van der Waals surface area contributed by atoms with Crippen molar-refractivity contribution in [3.8, 4) is 0 Å². The number of carbonyl (C=O) groups is 1. The van der Waals surface area contributed by atoms with Crippen LogP contribution >= 0.6 is 0 Å². The van der Waals surface area contributed by atoms with E-state index in [1.54, 1.807) is 6.07 Å². The Hall–Kier alpha value is -1.42. The van der Waals surface area contributed by atoms with Gasteiger partial charge in [-0.1, -0.05) is 38.3 Å². The Bertz CT molecular complexity index is 489. The highest BCUT2D eigenvalue weighted by Crippen LogP contribution is 2.40. The molecule has 1 N–H and O–H groups in total. The largest absolute Gasteiger partial charge is 0.367 e. The Morgan fingerprint density at radius 2 is 2.05 bits per heavy atom. The Morgan fingerprint density at radius 1 is 1.32 bits per heavy atom. The van der Waals surface area contributed by atoms with Gasteiger partial charge in [0.15, 0.2) is 5.72 Å². The van der Waals surface area contributed by atoms with Crippen LogP contribution in [0.5, 0.6) is 0 Å². The molecular formula is C15H20FNO2. The number of nitrogens with zero attached hydrogens (tertiary/aromatic N) is 1. The van der Waals surface area contributed by atoms with Crippen molar-refractivity contribution in [1.82, 2.24) is 4.90 Å². The normalized spacial score (nSPS) is 21.9. The van der Waals surface area contributed by atoms with Crippen molar-refractivity contribution >= 4 is 5.91 Å². The van der Waals surface area contributed by atoms with Crippen molar-refractivity contribution in [1.29, 1.82) is 0 Å². The van der Waals surface area contributed by atoms with E-state index >= 15 is 0 Å². The zero-order chi connectivity index (χ0) is 14.0. The van der Waals surface area contributed by atoms with Gasteiger partial charge in [-0.05, 0) is 18.9 Å². The Labute approximate surface area is 113 Å². The van der Waals surface area contributed by atoms with Gasteiger partial charge >= 0.3 is 0 Å². The lowest BCUT2D eigenvalue weighted by atomic mass is 9.95. The van der Waals surface area contributed by atoms with E-state index in [4.69, 9.17) is 0 Å². The molecule has 1 unspecified atom stereocenters. The minimum atomic E-state index is -1.36. The van der Waals surface area contributed by atoms with Crippen molar-refractivity contribution in [3.63, 3.8) is 0 Å². The molecule has 3 nitrogen and oxygen atoms in total. The standard InChI is InChI=1S/C15H20FNO2/c1-3-4-5-6-10-15(19)11-8-7-9-12(16)13(11)14(18)17(15)2/h7-9,19H,3-6,10H2,1-2H3. The second-order valence-electron chi connectivity index (χ2n) is 5.15. The van der Waals surface area contributed by atoms with Gasteiger partial charge < -0.3 is 10.0 Å². The summed E-state index contributed by atoms with van der Waals surface area (Å²) >= 11 is 0. The topological polar surface area (TPSA) is 40.5 Å². The maximum Gasteiger partial charge on any atom is 0.259 e. The van der Waals surface area contributed by atoms with E-state index < -0.39 is 17.4 Å². The molecule has 0 spiro atoms. The number of carbonyl (C=O) groups excluding carboxylic acids is 1. The van der Waals surface area contributed by atoms with Crippen LogP contribution in [0.15, 0.2) is 18.2 Å². The van der Waals surface area contributed by atoms with Crippen molar-refractivity contribution in [2.75, 3.05) is 7.05 Å². The molecule has 0 fully saturated rings. The Morgan fingerprint density at radius 3 is 2.74 bits per heavy atom. The maximum atomic E-state index is 13.7. The maximum absolute atomic E-state index is 13.7. The minimum absolute atomic E-state index is 0.0167. The molecule has 0 aromatic heterocycles. The molecule has 0 bridgehead atoms. The van der Waals surface area contributed by atoms with Crippen LogP contribution in [-0.4, -0.2) is 23.0 Å². The number of rotatable bonds is 5. The molecule has 19 heavy (non-hydrogen) atoms. The number of amides is 1. The van der Waals surface area contributed by atoms with E-state index in [2.05, 4.69) is 6.92 Å². The van der Waals surface area contributed by atoms with Gasteiger partial charge in [0.1, 0.15) is 5.82 Å². The van der Waals surface area contributed by atoms with Crippen LogP contribution in [0.1, 0.15) is 54.9 Å². The summed E-state index contributed by atoms with van der Waals surface area (Å²) in [5.41, 5.74) is -0.943. The monoisotopic (exact) mass is 265 g/mol. The third-order valence-electron chi connectivity index (χ3n) is 3.90. The average molecular weight is 265 g/mol. The first-order chi connectivity index (χ1) is 9.02.